The Bertz CT molecular complexity index is 520. The highest BCUT2D eigenvalue weighted by atomic mass is 32.1. The van der Waals surface area contributed by atoms with Gasteiger partial charge in [-0.2, -0.15) is 5.10 Å². The van der Waals surface area contributed by atoms with E-state index in [1.165, 1.54) is 12.3 Å². The molecule has 0 aliphatic heterocycles. The number of nitrogens with one attached hydrogen (secondary N) is 2. The molecule has 3 N–H and O–H groups in total. The highest BCUT2D eigenvalue weighted by molar-refractivity contribution is 7.07. The van der Waals surface area contributed by atoms with Crippen LogP contribution in [-0.4, -0.2) is 36.8 Å². The summed E-state index contributed by atoms with van der Waals surface area (Å²) in [5.74, 6) is -1.44. The van der Waals surface area contributed by atoms with Gasteiger partial charge < -0.3 is 10.4 Å². The van der Waals surface area contributed by atoms with E-state index in [1.54, 1.807) is 0 Å². The summed E-state index contributed by atoms with van der Waals surface area (Å²) in [4.78, 5) is 22.3. The predicted octanol–water partition coefficient (Wildman–Crippen LogP) is 0.212. The highest BCUT2D eigenvalue weighted by Crippen LogP contribution is 2.09. The molecule has 0 saturated heterocycles. The Balaban J connectivity index is 2.09. The van der Waals surface area contributed by atoms with E-state index in [4.69, 9.17) is 5.11 Å². The van der Waals surface area contributed by atoms with Crippen LogP contribution in [0.4, 0.5) is 5.82 Å². The van der Waals surface area contributed by atoms with Gasteiger partial charge in [-0.1, -0.05) is 4.49 Å². The summed E-state index contributed by atoms with van der Waals surface area (Å²) < 4.78 is 3.53. The minimum absolute atomic E-state index is 0.0993. The molecular formula is C7H5N5O3S. The van der Waals surface area contributed by atoms with Crippen molar-refractivity contribution in [2.75, 3.05) is 5.32 Å². The van der Waals surface area contributed by atoms with Gasteiger partial charge in [-0.3, -0.25) is 9.89 Å². The molecule has 9 heteroatoms. The minimum Gasteiger partial charge on any atom is -0.477 e. The largest absolute Gasteiger partial charge is 0.477 e. The molecule has 0 aromatic carbocycles. The smallest absolute Gasteiger partial charge is 0.353 e. The van der Waals surface area contributed by atoms with Crippen molar-refractivity contribution in [1.29, 1.82) is 0 Å². The van der Waals surface area contributed by atoms with Crippen LogP contribution < -0.4 is 5.32 Å². The molecule has 16 heavy (non-hydrogen) atoms. The number of carboxylic acid groups (broad SMARTS) is 1. The molecule has 2 heterocycles. The standard InChI is InChI=1S/C7H5N5O3S/c13-6(4-2-8-12-16-4)9-5-1-3(7(14)15)10-11-5/h1-2H,(H,14,15)(H2,9,10,11,13). The molecule has 0 spiro atoms. The normalized spacial score (nSPS) is 10.0. The van der Waals surface area contributed by atoms with Crippen molar-refractivity contribution in [3.05, 3.63) is 22.8 Å². The third kappa shape index (κ3) is 2.03. The topological polar surface area (TPSA) is 121 Å². The maximum absolute atomic E-state index is 11.5. The molecule has 0 unspecified atom stereocenters. The Morgan fingerprint density at radius 1 is 1.50 bits per heavy atom. The van der Waals surface area contributed by atoms with E-state index in [0.717, 1.165) is 11.5 Å². The molecule has 0 radical (unpaired) electrons. The van der Waals surface area contributed by atoms with Gasteiger partial charge in [-0.05, 0) is 11.5 Å². The average Bonchev–Trinajstić information content (AvgIpc) is 2.87. The van der Waals surface area contributed by atoms with E-state index in [0.29, 0.717) is 4.88 Å². The van der Waals surface area contributed by atoms with Crippen molar-refractivity contribution in [1.82, 2.24) is 19.8 Å². The molecule has 0 bridgehead atoms. The van der Waals surface area contributed by atoms with Crippen LogP contribution in [0, 0.1) is 0 Å². The number of aromatic carboxylic acids is 1. The van der Waals surface area contributed by atoms with Gasteiger partial charge in [0.15, 0.2) is 5.82 Å². The first kappa shape index (κ1) is 10.2. The second kappa shape index (κ2) is 4.06. The number of nitrogens with zero attached hydrogens (tertiary/aromatic N) is 3. The number of aromatic amines is 1. The molecule has 2 aromatic heterocycles. The van der Waals surface area contributed by atoms with Crippen molar-refractivity contribution in [3.8, 4) is 0 Å². The van der Waals surface area contributed by atoms with Crippen LogP contribution >= 0.6 is 11.5 Å². The van der Waals surface area contributed by atoms with Gasteiger partial charge in [-0.15, -0.1) is 5.10 Å². The second-order valence-electron chi connectivity index (χ2n) is 2.71. The molecule has 0 atom stereocenters. The first-order chi connectivity index (χ1) is 7.66. The molecule has 2 rings (SSSR count). The Morgan fingerprint density at radius 3 is 2.88 bits per heavy atom. The van der Waals surface area contributed by atoms with E-state index >= 15 is 0 Å². The second-order valence-corrected chi connectivity index (χ2v) is 3.49. The van der Waals surface area contributed by atoms with Crippen LogP contribution in [0.25, 0.3) is 0 Å². The Hall–Kier alpha value is -2.29. The number of carbonyl (C=O) groups is 2. The Labute approximate surface area is 92.5 Å². The van der Waals surface area contributed by atoms with Crippen LogP contribution in [0.1, 0.15) is 20.2 Å². The van der Waals surface area contributed by atoms with Crippen molar-refractivity contribution >= 4 is 29.2 Å². The number of carboxylic acids is 1. The summed E-state index contributed by atoms with van der Waals surface area (Å²) in [5.41, 5.74) is -0.0993. The Kier molecular flexibility index (Phi) is 2.60. The van der Waals surface area contributed by atoms with Crippen molar-refractivity contribution < 1.29 is 14.7 Å². The molecule has 0 saturated carbocycles. The summed E-state index contributed by atoms with van der Waals surface area (Å²) in [5, 5.41) is 20.4. The number of amides is 1. The van der Waals surface area contributed by atoms with E-state index in [2.05, 4.69) is 25.1 Å². The highest BCUT2D eigenvalue weighted by Gasteiger charge is 2.12. The summed E-state index contributed by atoms with van der Waals surface area (Å²) in [6.07, 6.45) is 1.31. The lowest BCUT2D eigenvalue weighted by Gasteiger charge is -1.95. The van der Waals surface area contributed by atoms with Gasteiger partial charge in [0.25, 0.3) is 5.91 Å². The summed E-state index contributed by atoms with van der Waals surface area (Å²) in [7, 11) is 0. The SMILES string of the molecule is O=C(O)c1cc(NC(=O)c2cnns2)n[nH]1. The molecule has 0 aliphatic rings. The lowest BCUT2D eigenvalue weighted by Crippen LogP contribution is -2.10. The van der Waals surface area contributed by atoms with Gasteiger partial charge >= 0.3 is 5.97 Å². The summed E-state index contributed by atoms with van der Waals surface area (Å²) in [6.45, 7) is 0. The third-order valence-corrected chi connectivity index (χ3v) is 2.30. The number of hydrogen-bond donors (Lipinski definition) is 3. The fourth-order valence-corrected chi connectivity index (χ4v) is 1.35. The monoisotopic (exact) mass is 239 g/mol. The number of anilines is 1. The predicted molar refractivity (Wildman–Crippen MR) is 53.4 cm³/mol. The van der Waals surface area contributed by atoms with Crippen molar-refractivity contribution in [2.24, 2.45) is 0 Å². The van der Waals surface area contributed by atoms with Gasteiger partial charge in [0, 0.05) is 6.07 Å². The molecule has 0 aliphatic carbocycles. The average molecular weight is 239 g/mol. The molecule has 0 fully saturated rings. The number of rotatable bonds is 3. The van der Waals surface area contributed by atoms with E-state index < -0.39 is 11.9 Å². The van der Waals surface area contributed by atoms with Crippen LogP contribution in [0.2, 0.25) is 0 Å². The van der Waals surface area contributed by atoms with E-state index in [9.17, 15) is 9.59 Å². The molecule has 2 aromatic rings. The minimum atomic E-state index is -1.15. The number of H-pyrrole nitrogens is 1. The fourth-order valence-electron chi connectivity index (χ4n) is 0.940. The van der Waals surface area contributed by atoms with Crippen molar-refractivity contribution in [2.45, 2.75) is 0 Å². The summed E-state index contributed by atoms with van der Waals surface area (Å²) >= 11 is 0.936. The van der Waals surface area contributed by atoms with E-state index in [-0.39, 0.29) is 11.5 Å². The molecular weight excluding hydrogens is 234 g/mol. The maximum atomic E-state index is 11.5. The van der Waals surface area contributed by atoms with Crippen molar-refractivity contribution in [3.63, 3.8) is 0 Å². The van der Waals surface area contributed by atoms with Crippen LogP contribution in [0.5, 0.6) is 0 Å². The third-order valence-electron chi connectivity index (χ3n) is 1.63. The zero-order chi connectivity index (χ0) is 11.5. The number of aromatic nitrogens is 4. The van der Waals surface area contributed by atoms with Gasteiger partial charge in [-0.25, -0.2) is 4.79 Å². The first-order valence-corrected chi connectivity index (χ1v) is 4.81. The lowest BCUT2D eigenvalue weighted by molar-refractivity contribution is 0.0690. The van der Waals surface area contributed by atoms with Crippen LogP contribution in [0.15, 0.2) is 12.3 Å². The van der Waals surface area contributed by atoms with Gasteiger partial charge in [0.1, 0.15) is 10.6 Å². The first-order valence-electron chi connectivity index (χ1n) is 4.04. The number of carbonyl (C=O) groups excluding carboxylic acids is 1. The maximum Gasteiger partial charge on any atom is 0.353 e. The quantitative estimate of drug-likeness (QED) is 0.704. The number of hydrogen-bond acceptors (Lipinski definition) is 6. The zero-order valence-electron chi connectivity index (χ0n) is 7.67. The molecule has 1 amide bonds. The van der Waals surface area contributed by atoms with Gasteiger partial charge in [0.2, 0.25) is 0 Å². The van der Waals surface area contributed by atoms with Crippen LogP contribution in [0.3, 0.4) is 0 Å². The lowest BCUT2D eigenvalue weighted by atomic mass is 10.4. The van der Waals surface area contributed by atoms with Crippen LogP contribution in [-0.2, 0) is 0 Å². The van der Waals surface area contributed by atoms with E-state index in [1.807, 2.05) is 0 Å². The molecule has 82 valence electrons. The Morgan fingerprint density at radius 2 is 2.31 bits per heavy atom. The fraction of sp³-hybridized carbons (Fsp3) is 0. The summed E-state index contributed by atoms with van der Waals surface area (Å²) in [6, 6.07) is 1.22. The molecule has 8 nitrogen and oxygen atoms in total. The zero-order valence-corrected chi connectivity index (χ0v) is 8.48. The van der Waals surface area contributed by atoms with Gasteiger partial charge in [0.05, 0.1) is 6.20 Å².